The second kappa shape index (κ2) is 3.66. The van der Waals surface area contributed by atoms with Crippen LogP contribution in [0.5, 0.6) is 0 Å². The first-order chi connectivity index (χ1) is 6.16. The fourth-order valence-electron chi connectivity index (χ4n) is 0.829. The maximum Gasteiger partial charge on any atom is 0.357 e. The monoisotopic (exact) mass is 180 g/mol. The number of carboxylic acids is 1. The SMILES string of the molecule is COC(=O)c1ncccc1C(=O)[O-]. The Bertz CT molecular complexity index is 348. The lowest BCUT2D eigenvalue weighted by atomic mass is 10.2. The highest BCUT2D eigenvalue weighted by molar-refractivity contribution is 5.99. The van der Waals surface area contributed by atoms with Crippen molar-refractivity contribution in [1.82, 2.24) is 4.98 Å². The van der Waals surface area contributed by atoms with Gasteiger partial charge in [0.05, 0.1) is 13.1 Å². The quantitative estimate of drug-likeness (QED) is 0.558. The van der Waals surface area contributed by atoms with Gasteiger partial charge in [0.25, 0.3) is 0 Å². The van der Waals surface area contributed by atoms with Gasteiger partial charge in [-0.15, -0.1) is 0 Å². The Labute approximate surface area is 74.0 Å². The summed E-state index contributed by atoms with van der Waals surface area (Å²) in [6.07, 6.45) is 1.30. The van der Waals surface area contributed by atoms with Crippen molar-refractivity contribution in [1.29, 1.82) is 0 Å². The van der Waals surface area contributed by atoms with Gasteiger partial charge >= 0.3 is 5.97 Å². The number of esters is 1. The van der Waals surface area contributed by atoms with Gasteiger partial charge in [-0.05, 0) is 12.1 Å². The number of ether oxygens (including phenoxy) is 1. The van der Waals surface area contributed by atoms with E-state index >= 15 is 0 Å². The summed E-state index contributed by atoms with van der Waals surface area (Å²) in [5.74, 6) is -2.24. The number of carbonyl (C=O) groups is 2. The number of pyridine rings is 1. The maximum absolute atomic E-state index is 11.0. The van der Waals surface area contributed by atoms with Gasteiger partial charge in [-0.1, -0.05) is 0 Å². The van der Waals surface area contributed by atoms with Crippen LogP contribution in [0, 0.1) is 0 Å². The Hall–Kier alpha value is -1.91. The predicted octanol–water partition coefficient (Wildman–Crippen LogP) is -0.768. The van der Waals surface area contributed by atoms with E-state index in [-0.39, 0.29) is 11.3 Å². The molecule has 0 saturated carbocycles. The Balaban J connectivity index is 3.19. The highest BCUT2D eigenvalue weighted by Crippen LogP contribution is 2.04. The third kappa shape index (κ3) is 1.81. The van der Waals surface area contributed by atoms with Crippen LogP contribution in [0.25, 0.3) is 0 Å². The van der Waals surface area contributed by atoms with Gasteiger partial charge in [0.15, 0.2) is 5.69 Å². The molecule has 0 radical (unpaired) electrons. The Kier molecular flexibility index (Phi) is 2.59. The summed E-state index contributed by atoms with van der Waals surface area (Å²) in [7, 11) is 1.15. The molecule has 0 spiro atoms. The summed E-state index contributed by atoms with van der Waals surface area (Å²) in [5.41, 5.74) is -0.514. The first-order valence-corrected chi connectivity index (χ1v) is 3.41. The number of hydrogen-bond acceptors (Lipinski definition) is 5. The predicted molar refractivity (Wildman–Crippen MR) is 39.9 cm³/mol. The van der Waals surface area contributed by atoms with Crippen LogP contribution in [0.2, 0.25) is 0 Å². The Morgan fingerprint density at radius 2 is 2.23 bits per heavy atom. The van der Waals surface area contributed by atoms with Crippen molar-refractivity contribution in [2.75, 3.05) is 7.11 Å². The topological polar surface area (TPSA) is 79.3 Å². The molecule has 0 unspecified atom stereocenters. The minimum Gasteiger partial charge on any atom is -0.545 e. The molecule has 0 atom stereocenters. The molecular weight excluding hydrogens is 174 g/mol. The van der Waals surface area contributed by atoms with Gasteiger partial charge in [0.1, 0.15) is 0 Å². The molecule has 0 aliphatic carbocycles. The molecule has 1 heterocycles. The largest absolute Gasteiger partial charge is 0.545 e. The van der Waals surface area contributed by atoms with Crippen LogP contribution in [0.15, 0.2) is 18.3 Å². The number of rotatable bonds is 2. The van der Waals surface area contributed by atoms with Crippen molar-refractivity contribution in [2.45, 2.75) is 0 Å². The van der Waals surface area contributed by atoms with E-state index < -0.39 is 11.9 Å². The first-order valence-electron chi connectivity index (χ1n) is 3.41. The molecule has 0 aromatic carbocycles. The lowest BCUT2D eigenvalue weighted by Crippen LogP contribution is -2.25. The van der Waals surface area contributed by atoms with E-state index in [1.54, 1.807) is 0 Å². The van der Waals surface area contributed by atoms with Gasteiger partial charge < -0.3 is 14.6 Å². The van der Waals surface area contributed by atoms with Crippen LogP contribution in [-0.4, -0.2) is 24.0 Å². The van der Waals surface area contributed by atoms with Crippen LogP contribution in [0.1, 0.15) is 20.8 Å². The average Bonchev–Trinajstić information content (AvgIpc) is 2.16. The molecule has 0 N–H and O–H groups in total. The van der Waals surface area contributed by atoms with E-state index in [9.17, 15) is 14.7 Å². The van der Waals surface area contributed by atoms with Crippen LogP contribution in [0.3, 0.4) is 0 Å². The fraction of sp³-hybridized carbons (Fsp3) is 0.125. The molecule has 68 valence electrons. The van der Waals surface area contributed by atoms with Crippen molar-refractivity contribution in [3.63, 3.8) is 0 Å². The van der Waals surface area contributed by atoms with E-state index in [4.69, 9.17) is 0 Å². The van der Waals surface area contributed by atoms with Gasteiger partial charge in [-0.25, -0.2) is 9.78 Å². The number of carbonyl (C=O) groups excluding carboxylic acids is 2. The molecule has 0 amide bonds. The summed E-state index contributed by atoms with van der Waals surface area (Å²) in [6, 6.07) is 2.63. The van der Waals surface area contributed by atoms with E-state index in [0.29, 0.717) is 0 Å². The molecule has 1 aromatic heterocycles. The second-order valence-electron chi connectivity index (χ2n) is 2.18. The third-order valence-corrected chi connectivity index (χ3v) is 1.41. The molecule has 13 heavy (non-hydrogen) atoms. The van der Waals surface area contributed by atoms with Crippen molar-refractivity contribution >= 4 is 11.9 Å². The standard InChI is InChI=1S/C8H7NO4/c1-13-8(12)6-5(7(10)11)3-2-4-9-6/h2-4H,1H3,(H,10,11)/p-1. The summed E-state index contributed by atoms with van der Waals surface area (Å²) >= 11 is 0. The van der Waals surface area contributed by atoms with E-state index in [1.807, 2.05) is 0 Å². The van der Waals surface area contributed by atoms with E-state index in [1.165, 1.54) is 18.3 Å². The van der Waals surface area contributed by atoms with Gasteiger partial charge in [-0.3, -0.25) is 0 Å². The number of nitrogens with zero attached hydrogens (tertiary/aromatic N) is 1. The zero-order valence-corrected chi connectivity index (χ0v) is 6.81. The molecule has 0 saturated heterocycles. The number of carboxylic acid groups (broad SMARTS) is 1. The van der Waals surface area contributed by atoms with Gasteiger partial charge in [-0.2, -0.15) is 0 Å². The summed E-state index contributed by atoms with van der Waals surface area (Å²) < 4.78 is 4.33. The Morgan fingerprint density at radius 1 is 1.54 bits per heavy atom. The number of hydrogen-bond donors (Lipinski definition) is 0. The van der Waals surface area contributed by atoms with Crippen molar-refractivity contribution in [3.8, 4) is 0 Å². The average molecular weight is 180 g/mol. The second-order valence-corrected chi connectivity index (χ2v) is 2.18. The maximum atomic E-state index is 11.0. The number of aromatic nitrogens is 1. The molecule has 0 bridgehead atoms. The lowest BCUT2D eigenvalue weighted by molar-refractivity contribution is -0.255. The van der Waals surface area contributed by atoms with Crippen molar-refractivity contribution in [3.05, 3.63) is 29.6 Å². The van der Waals surface area contributed by atoms with Gasteiger partial charge in [0, 0.05) is 11.8 Å². The number of aromatic carboxylic acids is 1. The number of methoxy groups -OCH3 is 1. The lowest BCUT2D eigenvalue weighted by Gasteiger charge is -2.05. The molecule has 5 nitrogen and oxygen atoms in total. The van der Waals surface area contributed by atoms with Crippen molar-refractivity contribution < 1.29 is 19.4 Å². The van der Waals surface area contributed by atoms with Crippen LogP contribution in [-0.2, 0) is 4.74 Å². The Morgan fingerprint density at radius 3 is 2.77 bits per heavy atom. The first kappa shape index (κ1) is 9.18. The van der Waals surface area contributed by atoms with E-state index in [0.717, 1.165) is 7.11 Å². The molecular formula is C8H6NO4-. The zero-order chi connectivity index (χ0) is 9.84. The highest BCUT2D eigenvalue weighted by Gasteiger charge is 2.12. The van der Waals surface area contributed by atoms with Crippen LogP contribution < -0.4 is 5.11 Å². The minimum absolute atomic E-state index is 0.245. The molecule has 1 rings (SSSR count). The zero-order valence-electron chi connectivity index (χ0n) is 6.81. The summed E-state index contributed by atoms with van der Waals surface area (Å²) in [6.45, 7) is 0. The minimum atomic E-state index is -1.45. The third-order valence-electron chi connectivity index (χ3n) is 1.41. The molecule has 5 heteroatoms. The van der Waals surface area contributed by atoms with Crippen LogP contribution in [0.4, 0.5) is 0 Å². The van der Waals surface area contributed by atoms with E-state index in [2.05, 4.69) is 9.72 Å². The van der Waals surface area contributed by atoms with Crippen molar-refractivity contribution in [2.24, 2.45) is 0 Å². The highest BCUT2D eigenvalue weighted by atomic mass is 16.5. The molecule has 0 fully saturated rings. The molecule has 0 aliphatic rings. The van der Waals surface area contributed by atoms with Gasteiger partial charge in [0.2, 0.25) is 0 Å². The van der Waals surface area contributed by atoms with Crippen LogP contribution >= 0.6 is 0 Å². The molecule has 1 aromatic rings. The molecule has 0 aliphatic heterocycles. The summed E-state index contributed by atoms with van der Waals surface area (Å²) in [5, 5.41) is 10.5. The fourth-order valence-corrected chi connectivity index (χ4v) is 0.829. The summed E-state index contributed by atoms with van der Waals surface area (Å²) in [4.78, 5) is 25.0. The smallest absolute Gasteiger partial charge is 0.357 e. The normalized spacial score (nSPS) is 9.31.